The Bertz CT molecular complexity index is 527. The van der Waals surface area contributed by atoms with E-state index in [0.29, 0.717) is 15.1 Å². The lowest BCUT2D eigenvalue weighted by molar-refractivity contribution is 0.647. The summed E-state index contributed by atoms with van der Waals surface area (Å²) in [6.07, 6.45) is 0. The second-order valence-electron chi connectivity index (χ2n) is 3.38. The molecule has 0 aliphatic rings. The molecule has 0 aliphatic heterocycles. The first-order valence-electron chi connectivity index (χ1n) is 4.78. The molecule has 1 unspecified atom stereocenters. The van der Waals surface area contributed by atoms with E-state index in [0.717, 1.165) is 10.4 Å². The monoisotopic (exact) mass is 306 g/mol. The Balaban J connectivity index is 2.50. The van der Waals surface area contributed by atoms with Gasteiger partial charge in [0, 0.05) is 4.88 Å². The van der Waals surface area contributed by atoms with Gasteiger partial charge in [0.1, 0.15) is 0 Å². The minimum Gasteiger partial charge on any atom is -0.271 e. The van der Waals surface area contributed by atoms with E-state index in [1.807, 2.05) is 23.6 Å². The minimum absolute atomic E-state index is 0.256. The molecule has 90 valence electrons. The van der Waals surface area contributed by atoms with E-state index in [1.54, 1.807) is 6.07 Å². The van der Waals surface area contributed by atoms with E-state index in [2.05, 4.69) is 5.43 Å². The molecule has 0 saturated heterocycles. The molecule has 0 fully saturated rings. The molecule has 0 saturated carbocycles. The number of hydrogen-bond donors (Lipinski definition) is 2. The quantitative estimate of drug-likeness (QED) is 0.657. The summed E-state index contributed by atoms with van der Waals surface area (Å²) in [5, 5.41) is 3.55. The van der Waals surface area contributed by atoms with Crippen molar-refractivity contribution in [2.75, 3.05) is 0 Å². The van der Waals surface area contributed by atoms with Crippen LogP contribution in [0.25, 0.3) is 0 Å². The largest absolute Gasteiger partial charge is 0.271 e. The zero-order valence-corrected chi connectivity index (χ0v) is 11.7. The molecule has 0 amide bonds. The average molecular weight is 308 g/mol. The first-order valence-corrected chi connectivity index (χ1v) is 6.79. The number of nitrogens with one attached hydrogen (secondary N) is 1. The highest BCUT2D eigenvalue weighted by Crippen LogP contribution is 2.37. The van der Waals surface area contributed by atoms with Crippen LogP contribution in [0.5, 0.6) is 0 Å². The van der Waals surface area contributed by atoms with Crippen molar-refractivity contribution in [3.8, 4) is 0 Å². The first-order chi connectivity index (χ1) is 8.15. The lowest BCUT2D eigenvalue weighted by atomic mass is 10.1. The van der Waals surface area contributed by atoms with Crippen LogP contribution in [-0.4, -0.2) is 0 Å². The third-order valence-corrected chi connectivity index (χ3v) is 4.62. The van der Waals surface area contributed by atoms with Gasteiger partial charge >= 0.3 is 0 Å². The first kappa shape index (κ1) is 13.1. The molecule has 2 rings (SSSR count). The molecule has 0 aliphatic carbocycles. The second-order valence-corrected chi connectivity index (χ2v) is 5.52. The number of rotatable bonds is 3. The van der Waals surface area contributed by atoms with Crippen LogP contribution in [0.2, 0.25) is 15.1 Å². The highest BCUT2D eigenvalue weighted by atomic mass is 35.5. The van der Waals surface area contributed by atoms with Gasteiger partial charge in [-0.2, -0.15) is 0 Å². The molecule has 1 aromatic carbocycles. The Morgan fingerprint density at radius 3 is 2.47 bits per heavy atom. The van der Waals surface area contributed by atoms with Crippen LogP contribution in [0.1, 0.15) is 16.5 Å². The summed E-state index contributed by atoms with van der Waals surface area (Å²) in [6.45, 7) is 0. The number of thiophene rings is 1. The maximum absolute atomic E-state index is 6.17. The zero-order valence-electron chi connectivity index (χ0n) is 8.58. The molecular formula is C11H9Cl3N2S. The Hall–Kier alpha value is -0.290. The summed E-state index contributed by atoms with van der Waals surface area (Å²) in [6, 6.07) is 7.00. The third-order valence-electron chi connectivity index (χ3n) is 2.37. The fraction of sp³-hybridized carbons (Fsp3) is 0.0909. The van der Waals surface area contributed by atoms with Crippen molar-refractivity contribution in [2.24, 2.45) is 5.84 Å². The van der Waals surface area contributed by atoms with Gasteiger partial charge in [0.2, 0.25) is 0 Å². The van der Waals surface area contributed by atoms with Crippen molar-refractivity contribution in [2.45, 2.75) is 6.04 Å². The van der Waals surface area contributed by atoms with Crippen molar-refractivity contribution in [1.29, 1.82) is 0 Å². The van der Waals surface area contributed by atoms with Gasteiger partial charge in [0.05, 0.1) is 21.1 Å². The molecule has 1 heterocycles. The molecule has 1 aromatic heterocycles. The van der Waals surface area contributed by atoms with Gasteiger partial charge in [-0.25, -0.2) is 5.43 Å². The van der Waals surface area contributed by atoms with Gasteiger partial charge in [-0.15, -0.1) is 11.3 Å². The molecule has 0 spiro atoms. The van der Waals surface area contributed by atoms with Crippen molar-refractivity contribution >= 4 is 46.1 Å². The van der Waals surface area contributed by atoms with Crippen molar-refractivity contribution in [1.82, 2.24) is 5.43 Å². The van der Waals surface area contributed by atoms with Gasteiger partial charge < -0.3 is 0 Å². The third kappa shape index (κ3) is 2.60. The summed E-state index contributed by atoms with van der Waals surface area (Å²) in [7, 11) is 0. The van der Waals surface area contributed by atoms with E-state index in [4.69, 9.17) is 40.6 Å². The second kappa shape index (κ2) is 5.57. The number of hydrazine groups is 1. The number of nitrogens with two attached hydrogens (primary N) is 1. The molecule has 6 heteroatoms. The predicted molar refractivity (Wildman–Crippen MR) is 75.0 cm³/mol. The molecule has 0 bridgehead atoms. The standard InChI is InChI=1S/C11H9Cl3N2S/c12-7-3-1-2-6(9(7)14)10(16-15)11-8(13)4-5-17-11/h1-5,10,16H,15H2. The molecular weight excluding hydrogens is 299 g/mol. The Morgan fingerprint density at radius 1 is 1.12 bits per heavy atom. The maximum Gasteiger partial charge on any atom is 0.0832 e. The van der Waals surface area contributed by atoms with Gasteiger partial charge in [0.15, 0.2) is 0 Å². The fourth-order valence-corrected chi connectivity index (χ4v) is 3.22. The van der Waals surface area contributed by atoms with Crippen LogP contribution >= 0.6 is 46.1 Å². The molecule has 0 radical (unpaired) electrons. The SMILES string of the molecule is NNC(c1cccc(Cl)c1Cl)c1sccc1Cl. The molecule has 17 heavy (non-hydrogen) atoms. The Labute approximate surface area is 118 Å². The predicted octanol–water partition coefficient (Wildman–Crippen LogP) is 4.26. The van der Waals surface area contributed by atoms with E-state index in [-0.39, 0.29) is 6.04 Å². The van der Waals surface area contributed by atoms with Crippen molar-refractivity contribution in [3.63, 3.8) is 0 Å². The normalized spacial score (nSPS) is 12.7. The maximum atomic E-state index is 6.17. The summed E-state index contributed by atoms with van der Waals surface area (Å²) >= 11 is 19.8. The van der Waals surface area contributed by atoms with Crippen LogP contribution in [0.4, 0.5) is 0 Å². The Kier molecular flexibility index (Phi) is 4.31. The van der Waals surface area contributed by atoms with Crippen molar-refractivity contribution in [3.05, 3.63) is 55.2 Å². The van der Waals surface area contributed by atoms with Gasteiger partial charge in [-0.05, 0) is 23.1 Å². The summed E-state index contributed by atoms with van der Waals surface area (Å²) in [5.74, 6) is 5.58. The van der Waals surface area contributed by atoms with E-state index in [1.165, 1.54) is 11.3 Å². The minimum atomic E-state index is -0.256. The van der Waals surface area contributed by atoms with Crippen molar-refractivity contribution < 1.29 is 0 Å². The number of hydrogen-bond acceptors (Lipinski definition) is 3. The zero-order chi connectivity index (χ0) is 12.4. The van der Waals surface area contributed by atoms with Gasteiger partial charge in [-0.1, -0.05) is 46.9 Å². The fourth-order valence-electron chi connectivity index (χ4n) is 1.56. The Morgan fingerprint density at radius 2 is 1.88 bits per heavy atom. The summed E-state index contributed by atoms with van der Waals surface area (Å²) in [4.78, 5) is 0.915. The van der Waals surface area contributed by atoms with E-state index >= 15 is 0 Å². The highest BCUT2D eigenvalue weighted by molar-refractivity contribution is 7.10. The van der Waals surface area contributed by atoms with Crippen LogP contribution in [0.15, 0.2) is 29.6 Å². The highest BCUT2D eigenvalue weighted by Gasteiger charge is 2.20. The van der Waals surface area contributed by atoms with E-state index in [9.17, 15) is 0 Å². The lowest BCUT2D eigenvalue weighted by Gasteiger charge is -2.17. The topological polar surface area (TPSA) is 38.0 Å². The molecule has 2 aromatic rings. The molecule has 3 N–H and O–H groups in total. The summed E-state index contributed by atoms with van der Waals surface area (Å²) < 4.78 is 0. The molecule has 2 nitrogen and oxygen atoms in total. The number of benzene rings is 1. The molecule has 1 atom stereocenters. The number of halogens is 3. The van der Waals surface area contributed by atoms with Crippen LogP contribution < -0.4 is 11.3 Å². The van der Waals surface area contributed by atoms with Crippen LogP contribution in [0.3, 0.4) is 0 Å². The van der Waals surface area contributed by atoms with Crippen LogP contribution in [-0.2, 0) is 0 Å². The van der Waals surface area contributed by atoms with Crippen LogP contribution in [0, 0.1) is 0 Å². The lowest BCUT2D eigenvalue weighted by Crippen LogP contribution is -2.28. The average Bonchev–Trinajstić information content (AvgIpc) is 2.72. The van der Waals surface area contributed by atoms with E-state index < -0.39 is 0 Å². The smallest absolute Gasteiger partial charge is 0.0832 e. The summed E-state index contributed by atoms with van der Waals surface area (Å²) in [5.41, 5.74) is 3.52. The van der Waals surface area contributed by atoms with Gasteiger partial charge in [-0.3, -0.25) is 5.84 Å². The van der Waals surface area contributed by atoms with Gasteiger partial charge in [0.25, 0.3) is 0 Å².